The maximum absolute atomic E-state index is 13.7. The van der Waals surface area contributed by atoms with Crippen molar-refractivity contribution in [2.24, 2.45) is 0 Å². The van der Waals surface area contributed by atoms with Gasteiger partial charge in [0, 0.05) is 80.9 Å². The molecule has 0 aliphatic carbocycles. The lowest BCUT2D eigenvalue weighted by molar-refractivity contribution is -0.363. The standard InChI is InChI=1S/C47H88N4O30S/c1-21(57)49-30-24(60)18-47(46(70)71,81-41(30)33(64)25(61)19-55)80-39(38(69)45(74-5)76-26(10-15-53)34(65)36(67)42(72-3)51(75-6)13-12-48-29(62)8-7-17-82)27(11-16-54)77-43-31(50-22(2)58)40(35(66)28(20-56)78-43)79-44(73-4)37(68)32(63)23(59)9-14-52/h23-28,30-45,52-56,59-61,63-69,82H,7-20H2,1-6H3,(H,48,62)(H,49,57)(H,50,58)(H,70,71)/t23-,24?,25+,26+,27-,28?,30+,31?,32?,33+,34?,35-,36?,37?,38?,39?,40?,41?,42+,43+,44-,45-,47+/m0/s1. The number of aliphatic hydroxyl groups excluding tert-OH is 15. The molecule has 2 saturated heterocycles. The van der Waals surface area contributed by atoms with Gasteiger partial charge in [0.25, 0.3) is 5.79 Å². The van der Waals surface area contributed by atoms with E-state index in [0.29, 0.717) is 12.2 Å². The van der Waals surface area contributed by atoms with Gasteiger partial charge in [0.2, 0.25) is 17.7 Å². The first-order valence-corrected chi connectivity index (χ1v) is 26.8. The summed E-state index contributed by atoms with van der Waals surface area (Å²) in [4.78, 5) is 56.6. The molecule has 2 fully saturated rings. The highest BCUT2D eigenvalue weighted by Gasteiger charge is 2.59. The third kappa shape index (κ3) is 21.3. The first-order valence-electron chi connectivity index (χ1n) is 26.1. The number of thiol groups is 1. The van der Waals surface area contributed by atoms with Crippen molar-refractivity contribution in [3.8, 4) is 0 Å². The van der Waals surface area contributed by atoms with E-state index in [-0.39, 0.29) is 25.4 Å². The minimum absolute atomic E-state index is 0.0481. The zero-order chi connectivity index (χ0) is 62.2. The topological polar surface area (TPSA) is 524 Å². The number of hydrogen-bond acceptors (Lipinski definition) is 31. The zero-order valence-corrected chi connectivity index (χ0v) is 47.3. The molecule has 482 valence electrons. The Labute approximate surface area is 478 Å². The van der Waals surface area contributed by atoms with Crippen molar-refractivity contribution >= 4 is 36.3 Å². The summed E-state index contributed by atoms with van der Waals surface area (Å²) in [5, 5.41) is 183. The van der Waals surface area contributed by atoms with E-state index < -0.39 is 217 Å². The van der Waals surface area contributed by atoms with Gasteiger partial charge in [0.1, 0.15) is 79.3 Å². The molecule has 0 aromatic heterocycles. The van der Waals surface area contributed by atoms with E-state index in [4.69, 9.17) is 47.5 Å². The Balaban J connectivity index is 2.93. The first kappa shape index (κ1) is 75.3. The largest absolute Gasteiger partial charge is 0.477 e. The fourth-order valence-electron chi connectivity index (χ4n) is 9.12. The van der Waals surface area contributed by atoms with Crippen molar-refractivity contribution in [3.63, 3.8) is 0 Å². The number of hydrogen-bond donors (Lipinski definition) is 20. The molecule has 2 aliphatic rings. The predicted octanol–water partition coefficient (Wildman–Crippen LogP) is -9.82. The number of carbonyl (C=O) groups excluding carboxylic acids is 3. The Morgan fingerprint density at radius 2 is 1.33 bits per heavy atom. The van der Waals surface area contributed by atoms with Crippen LogP contribution >= 0.6 is 12.6 Å². The second kappa shape index (κ2) is 37.7. The van der Waals surface area contributed by atoms with Gasteiger partial charge in [-0.25, -0.2) is 4.79 Å². The van der Waals surface area contributed by atoms with Crippen LogP contribution in [0.3, 0.4) is 0 Å². The Bertz CT molecular complexity index is 1850. The minimum atomic E-state index is -3.37. The SMILES string of the molecule is CO[C@@H](O[C@H](CCO)C(O)C(O)[C@@H](OC)N(CCNC(=O)CCCS)OC)C(O)C(O[C@]1(C(=O)O)CC(O)[C@@H](NC(C)=O)C([C@H](O)[C@H](O)CO)O1)[C@H](CCO)O[C@@H]1OC(CO)[C@H](O)C(O[C@H](OC)C(O)C(O)[C@@H](O)CCO)C1NC(C)=O. The highest BCUT2D eigenvalue weighted by atomic mass is 32.1. The number of rotatable bonds is 41. The number of methoxy groups -OCH3 is 3. The average Bonchev–Trinajstić information content (AvgIpc) is 3.48. The number of nitrogens with one attached hydrogen (secondary N) is 3. The Morgan fingerprint density at radius 1 is 0.732 bits per heavy atom. The van der Waals surface area contributed by atoms with E-state index in [0.717, 1.165) is 40.2 Å². The molecule has 35 heteroatoms. The van der Waals surface area contributed by atoms with Gasteiger partial charge in [-0.1, -0.05) is 0 Å². The van der Waals surface area contributed by atoms with Gasteiger partial charge in [-0.2, -0.15) is 17.7 Å². The van der Waals surface area contributed by atoms with Crippen LogP contribution in [0.1, 0.15) is 52.4 Å². The molecule has 2 aliphatic heterocycles. The van der Waals surface area contributed by atoms with E-state index in [1.807, 2.05) is 0 Å². The number of carbonyl (C=O) groups is 4. The summed E-state index contributed by atoms with van der Waals surface area (Å²) < 4.78 is 52.3. The van der Waals surface area contributed by atoms with Gasteiger partial charge in [-0.05, 0) is 31.4 Å². The summed E-state index contributed by atoms with van der Waals surface area (Å²) in [6, 6.07) is -3.62. The molecule has 2 heterocycles. The van der Waals surface area contributed by atoms with Gasteiger partial charge >= 0.3 is 5.97 Å². The lowest BCUT2D eigenvalue weighted by Gasteiger charge is -2.50. The lowest BCUT2D eigenvalue weighted by Crippen LogP contribution is -2.70. The van der Waals surface area contributed by atoms with Crippen molar-refractivity contribution in [2.45, 2.75) is 193 Å². The summed E-state index contributed by atoms with van der Waals surface area (Å²) in [5.74, 6) is -7.19. The number of amides is 3. The summed E-state index contributed by atoms with van der Waals surface area (Å²) in [6.07, 6.45) is -44.1. The van der Waals surface area contributed by atoms with Crippen LogP contribution in [0.15, 0.2) is 0 Å². The zero-order valence-electron chi connectivity index (χ0n) is 46.4. The summed E-state index contributed by atoms with van der Waals surface area (Å²) in [7, 11) is 4.18. The third-order valence-electron chi connectivity index (χ3n) is 13.4. The molecule has 11 unspecified atom stereocenters. The molecule has 0 aromatic rings. The van der Waals surface area contributed by atoms with Crippen molar-refractivity contribution in [3.05, 3.63) is 0 Å². The Hall–Kier alpha value is -2.81. The smallest absolute Gasteiger partial charge is 0.364 e. The van der Waals surface area contributed by atoms with Crippen molar-refractivity contribution in [1.82, 2.24) is 21.0 Å². The van der Waals surface area contributed by atoms with E-state index in [1.165, 1.54) is 7.11 Å². The molecule has 0 radical (unpaired) electrons. The van der Waals surface area contributed by atoms with Crippen LogP contribution in [-0.2, 0) is 66.6 Å². The number of aliphatic hydroxyl groups is 15. The number of carboxylic acid groups (broad SMARTS) is 1. The Kier molecular flexibility index (Phi) is 34.6. The van der Waals surface area contributed by atoms with E-state index >= 15 is 0 Å². The van der Waals surface area contributed by atoms with E-state index in [1.54, 1.807) is 0 Å². The fraction of sp³-hybridized carbons (Fsp3) is 0.915. The monoisotopic (exact) mass is 1220 g/mol. The molecule has 0 saturated carbocycles. The van der Waals surface area contributed by atoms with E-state index in [2.05, 4.69) is 28.6 Å². The third-order valence-corrected chi connectivity index (χ3v) is 13.7. The van der Waals surface area contributed by atoms with Gasteiger partial charge in [0.05, 0.1) is 50.8 Å². The maximum Gasteiger partial charge on any atom is 0.364 e. The first-order chi connectivity index (χ1) is 38.8. The number of hydroxylamine groups is 2. The molecule has 0 aromatic carbocycles. The molecule has 19 N–H and O–H groups in total. The normalized spacial score (nSPS) is 28.5. The number of ether oxygens (including phenoxy) is 9. The molecule has 0 spiro atoms. The van der Waals surface area contributed by atoms with Crippen LogP contribution in [0.25, 0.3) is 0 Å². The van der Waals surface area contributed by atoms with E-state index in [9.17, 15) is 101 Å². The Morgan fingerprint density at radius 3 is 1.84 bits per heavy atom. The van der Waals surface area contributed by atoms with Gasteiger partial charge in [-0.15, -0.1) is 0 Å². The van der Waals surface area contributed by atoms with Gasteiger partial charge in [0.15, 0.2) is 25.1 Å². The van der Waals surface area contributed by atoms with Crippen LogP contribution in [0.4, 0.5) is 0 Å². The summed E-state index contributed by atoms with van der Waals surface area (Å²) >= 11 is 4.09. The van der Waals surface area contributed by atoms with Crippen molar-refractivity contribution in [1.29, 1.82) is 0 Å². The van der Waals surface area contributed by atoms with Crippen LogP contribution in [0.5, 0.6) is 0 Å². The summed E-state index contributed by atoms with van der Waals surface area (Å²) in [5.41, 5.74) is 0. The highest BCUT2D eigenvalue weighted by Crippen LogP contribution is 2.38. The van der Waals surface area contributed by atoms with Crippen molar-refractivity contribution < 1.29 is 148 Å². The number of aliphatic carboxylic acids is 1. The number of nitrogens with zero attached hydrogens (tertiary/aromatic N) is 1. The lowest BCUT2D eigenvalue weighted by atomic mass is 9.88. The van der Waals surface area contributed by atoms with Crippen molar-refractivity contribution in [2.75, 3.05) is 80.3 Å². The minimum Gasteiger partial charge on any atom is -0.477 e. The molecular formula is C47H88N4O30S. The highest BCUT2D eigenvalue weighted by molar-refractivity contribution is 7.80. The second-order valence-corrected chi connectivity index (χ2v) is 19.7. The molecular weight excluding hydrogens is 1130 g/mol. The molecule has 3 amide bonds. The number of carboxylic acids is 1. The maximum atomic E-state index is 13.7. The molecule has 34 nitrogen and oxygen atoms in total. The second-order valence-electron chi connectivity index (χ2n) is 19.2. The molecule has 0 bridgehead atoms. The predicted molar refractivity (Wildman–Crippen MR) is 275 cm³/mol. The molecule has 23 atom stereocenters. The van der Waals surface area contributed by atoms with Gasteiger partial charge in [-0.3, -0.25) is 19.2 Å². The van der Waals surface area contributed by atoms with Crippen LogP contribution in [-0.4, -0.2) is 331 Å². The molecule has 82 heavy (non-hydrogen) atoms. The molecule has 2 rings (SSSR count). The summed E-state index contributed by atoms with van der Waals surface area (Å²) in [6.45, 7) is -2.95. The van der Waals surface area contributed by atoms with Crippen LogP contribution in [0, 0.1) is 0 Å². The average molecular weight is 1220 g/mol. The van der Waals surface area contributed by atoms with Crippen LogP contribution in [0.2, 0.25) is 0 Å². The fourth-order valence-corrected chi connectivity index (χ4v) is 9.28. The quantitative estimate of drug-likeness (QED) is 0.0154. The van der Waals surface area contributed by atoms with Crippen LogP contribution < -0.4 is 16.0 Å². The van der Waals surface area contributed by atoms with Gasteiger partial charge < -0.3 is 140 Å².